The lowest BCUT2D eigenvalue weighted by Gasteiger charge is -2.09. The van der Waals surface area contributed by atoms with E-state index in [1.807, 2.05) is 6.92 Å². The van der Waals surface area contributed by atoms with Gasteiger partial charge < -0.3 is 4.74 Å². The Hall–Kier alpha value is -0.540. The van der Waals surface area contributed by atoms with Crippen LogP contribution in [0, 0.1) is 0 Å². The van der Waals surface area contributed by atoms with Crippen molar-refractivity contribution in [2.45, 2.75) is 13.8 Å². The third kappa shape index (κ3) is 2.49. The highest BCUT2D eigenvalue weighted by atomic mass is 79.9. The van der Waals surface area contributed by atoms with E-state index >= 15 is 0 Å². The Kier molecular flexibility index (Phi) is 3.96. The molecule has 0 amide bonds. The standard InChI is InChI=1S/C10H10BrClO2/c1-3-14-9-5-7(11)4-8(12)10(9)6(2)13/h4-5H,3H2,1-2H3. The van der Waals surface area contributed by atoms with Crippen LogP contribution in [-0.2, 0) is 0 Å². The van der Waals surface area contributed by atoms with Crippen LogP contribution in [0.4, 0.5) is 0 Å². The van der Waals surface area contributed by atoms with Crippen molar-refractivity contribution in [3.63, 3.8) is 0 Å². The van der Waals surface area contributed by atoms with Gasteiger partial charge in [0, 0.05) is 4.47 Å². The van der Waals surface area contributed by atoms with E-state index in [-0.39, 0.29) is 5.78 Å². The summed E-state index contributed by atoms with van der Waals surface area (Å²) < 4.78 is 6.13. The minimum absolute atomic E-state index is 0.0917. The molecular weight excluding hydrogens is 267 g/mol. The number of carbonyl (C=O) groups excluding carboxylic acids is 1. The van der Waals surface area contributed by atoms with Gasteiger partial charge in [-0.3, -0.25) is 4.79 Å². The van der Waals surface area contributed by atoms with Gasteiger partial charge in [-0.1, -0.05) is 27.5 Å². The zero-order valence-electron chi connectivity index (χ0n) is 7.93. The van der Waals surface area contributed by atoms with E-state index < -0.39 is 0 Å². The van der Waals surface area contributed by atoms with Crippen LogP contribution in [0.3, 0.4) is 0 Å². The highest BCUT2D eigenvalue weighted by molar-refractivity contribution is 9.10. The van der Waals surface area contributed by atoms with E-state index in [2.05, 4.69) is 15.9 Å². The highest BCUT2D eigenvalue weighted by Gasteiger charge is 2.13. The third-order valence-corrected chi connectivity index (χ3v) is 2.43. The van der Waals surface area contributed by atoms with Gasteiger partial charge in [-0.15, -0.1) is 0 Å². The Morgan fingerprint density at radius 2 is 2.21 bits per heavy atom. The van der Waals surface area contributed by atoms with Crippen molar-refractivity contribution in [3.05, 3.63) is 27.2 Å². The number of halogens is 2. The molecule has 0 spiro atoms. The first-order chi connectivity index (χ1) is 6.56. The minimum atomic E-state index is -0.0917. The maximum Gasteiger partial charge on any atom is 0.165 e. The Morgan fingerprint density at radius 1 is 1.57 bits per heavy atom. The normalized spacial score (nSPS) is 10.0. The first-order valence-corrected chi connectivity index (χ1v) is 5.36. The van der Waals surface area contributed by atoms with E-state index in [4.69, 9.17) is 16.3 Å². The lowest BCUT2D eigenvalue weighted by molar-refractivity contribution is 0.101. The summed E-state index contributed by atoms with van der Waals surface area (Å²) in [4.78, 5) is 11.3. The molecule has 0 aromatic heterocycles. The molecular formula is C10H10BrClO2. The molecule has 0 aliphatic rings. The van der Waals surface area contributed by atoms with Crippen molar-refractivity contribution in [2.24, 2.45) is 0 Å². The zero-order valence-corrected chi connectivity index (χ0v) is 10.3. The van der Waals surface area contributed by atoms with Crippen LogP contribution in [0.1, 0.15) is 24.2 Å². The molecule has 76 valence electrons. The summed E-state index contributed by atoms with van der Waals surface area (Å²) in [6, 6.07) is 3.42. The number of rotatable bonds is 3. The number of hydrogen-bond donors (Lipinski definition) is 0. The maximum atomic E-state index is 11.3. The number of ketones is 1. The van der Waals surface area contributed by atoms with E-state index in [0.717, 1.165) is 4.47 Å². The average Bonchev–Trinajstić information content (AvgIpc) is 2.01. The topological polar surface area (TPSA) is 26.3 Å². The van der Waals surface area contributed by atoms with Gasteiger partial charge >= 0.3 is 0 Å². The number of ether oxygens (including phenoxy) is 1. The summed E-state index contributed by atoms with van der Waals surface area (Å²) >= 11 is 9.23. The van der Waals surface area contributed by atoms with Gasteiger partial charge in [0.2, 0.25) is 0 Å². The summed E-state index contributed by atoms with van der Waals surface area (Å²) in [6.07, 6.45) is 0. The summed E-state index contributed by atoms with van der Waals surface area (Å²) in [5.41, 5.74) is 0.441. The number of carbonyl (C=O) groups is 1. The van der Waals surface area contributed by atoms with Crippen molar-refractivity contribution in [1.29, 1.82) is 0 Å². The van der Waals surface area contributed by atoms with Crippen LogP contribution in [-0.4, -0.2) is 12.4 Å². The highest BCUT2D eigenvalue weighted by Crippen LogP contribution is 2.31. The van der Waals surface area contributed by atoms with E-state index in [1.54, 1.807) is 12.1 Å². The molecule has 14 heavy (non-hydrogen) atoms. The fourth-order valence-electron chi connectivity index (χ4n) is 1.16. The molecule has 0 atom stereocenters. The maximum absolute atomic E-state index is 11.3. The predicted molar refractivity (Wildman–Crippen MR) is 60.3 cm³/mol. The van der Waals surface area contributed by atoms with Gasteiger partial charge in [0.05, 0.1) is 17.2 Å². The van der Waals surface area contributed by atoms with Crippen molar-refractivity contribution >= 4 is 33.3 Å². The Balaban J connectivity index is 3.28. The molecule has 0 aliphatic heterocycles. The van der Waals surface area contributed by atoms with Gasteiger partial charge in [0.1, 0.15) is 5.75 Å². The van der Waals surface area contributed by atoms with E-state index in [1.165, 1.54) is 6.92 Å². The molecule has 1 aromatic rings. The van der Waals surface area contributed by atoms with Crippen LogP contribution in [0.5, 0.6) is 5.75 Å². The number of hydrogen-bond acceptors (Lipinski definition) is 2. The molecule has 0 N–H and O–H groups in total. The van der Waals surface area contributed by atoms with Gasteiger partial charge in [0.15, 0.2) is 5.78 Å². The molecule has 0 fully saturated rings. The smallest absolute Gasteiger partial charge is 0.165 e. The molecule has 1 rings (SSSR count). The van der Waals surface area contributed by atoms with Gasteiger partial charge in [-0.05, 0) is 26.0 Å². The molecule has 0 heterocycles. The van der Waals surface area contributed by atoms with Gasteiger partial charge in [-0.25, -0.2) is 0 Å². The Bertz CT molecular complexity index is 363. The van der Waals surface area contributed by atoms with Crippen LogP contribution in [0.25, 0.3) is 0 Å². The van der Waals surface area contributed by atoms with Crippen LogP contribution >= 0.6 is 27.5 Å². The molecule has 0 saturated heterocycles. The second-order valence-electron chi connectivity index (χ2n) is 2.75. The van der Waals surface area contributed by atoms with E-state index in [9.17, 15) is 4.79 Å². The molecule has 1 aromatic carbocycles. The first kappa shape index (κ1) is 11.5. The van der Waals surface area contributed by atoms with Crippen molar-refractivity contribution < 1.29 is 9.53 Å². The summed E-state index contributed by atoms with van der Waals surface area (Å²) in [5, 5.41) is 0.412. The molecule has 0 radical (unpaired) electrons. The summed E-state index contributed by atoms with van der Waals surface area (Å²) in [7, 11) is 0. The summed E-state index contributed by atoms with van der Waals surface area (Å²) in [5.74, 6) is 0.435. The van der Waals surface area contributed by atoms with Crippen molar-refractivity contribution in [2.75, 3.05) is 6.61 Å². The first-order valence-electron chi connectivity index (χ1n) is 4.19. The van der Waals surface area contributed by atoms with Crippen LogP contribution in [0.15, 0.2) is 16.6 Å². The van der Waals surface area contributed by atoms with Crippen LogP contribution in [0.2, 0.25) is 5.02 Å². The second kappa shape index (κ2) is 4.80. The molecule has 0 aliphatic carbocycles. The molecule has 4 heteroatoms. The predicted octanol–water partition coefficient (Wildman–Crippen LogP) is 3.70. The minimum Gasteiger partial charge on any atom is -0.493 e. The largest absolute Gasteiger partial charge is 0.493 e. The lowest BCUT2D eigenvalue weighted by atomic mass is 10.1. The molecule has 0 bridgehead atoms. The number of Topliss-reactive ketones (excluding diaryl/α,β-unsaturated/α-hetero) is 1. The van der Waals surface area contributed by atoms with Crippen LogP contribution < -0.4 is 4.74 Å². The third-order valence-electron chi connectivity index (χ3n) is 1.67. The summed E-state index contributed by atoms with van der Waals surface area (Å²) in [6.45, 7) is 3.84. The van der Waals surface area contributed by atoms with Gasteiger partial charge in [-0.2, -0.15) is 0 Å². The van der Waals surface area contributed by atoms with Crippen molar-refractivity contribution in [1.82, 2.24) is 0 Å². The Labute approximate surface area is 96.3 Å². The quantitative estimate of drug-likeness (QED) is 0.787. The molecule has 0 saturated carbocycles. The Morgan fingerprint density at radius 3 is 2.71 bits per heavy atom. The lowest BCUT2D eigenvalue weighted by Crippen LogP contribution is -2.01. The number of benzene rings is 1. The fourth-order valence-corrected chi connectivity index (χ4v) is 2.07. The molecule has 2 nitrogen and oxygen atoms in total. The van der Waals surface area contributed by atoms with Crippen molar-refractivity contribution in [3.8, 4) is 5.75 Å². The fraction of sp³-hybridized carbons (Fsp3) is 0.300. The molecule has 0 unspecified atom stereocenters. The van der Waals surface area contributed by atoms with Gasteiger partial charge in [0.25, 0.3) is 0 Å². The average molecular weight is 278 g/mol. The SMILES string of the molecule is CCOc1cc(Br)cc(Cl)c1C(C)=O. The zero-order chi connectivity index (χ0) is 10.7. The second-order valence-corrected chi connectivity index (χ2v) is 4.07. The van der Waals surface area contributed by atoms with E-state index in [0.29, 0.717) is 22.9 Å². The monoisotopic (exact) mass is 276 g/mol.